The summed E-state index contributed by atoms with van der Waals surface area (Å²) in [5.41, 5.74) is 1.17. The lowest BCUT2D eigenvalue weighted by atomic mass is 10.1. The molecule has 1 aliphatic heterocycles. The second-order valence-electron chi connectivity index (χ2n) is 2.87. The maximum Gasteiger partial charge on any atom is 0.357 e. The number of methoxy groups -OCH3 is 1. The van der Waals surface area contributed by atoms with Crippen LogP contribution in [-0.4, -0.2) is 18.8 Å². The smallest absolute Gasteiger partial charge is 0.357 e. The molecule has 3 nitrogen and oxygen atoms in total. The summed E-state index contributed by atoms with van der Waals surface area (Å²) in [6.07, 6.45) is 1.61. The van der Waals surface area contributed by atoms with Gasteiger partial charge in [-0.05, 0) is 11.5 Å². The zero-order valence-electron chi connectivity index (χ0n) is 8.14. The topological polar surface area (TPSA) is 38.7 Å². The molecule has 4 heteroatoms. The minimum absolute atomic E-state index is 0.356. The number of esters is 1. The second kappa shape index (κ2) is 4.31. The van der Waals surface area contributed by atoms with Gasteiger partial charge in [-0.15, -0.1) is 0 Å². The molecule has 0 N–H and O–H groups in total. The number of nitrogens with zero attached hydrogens (tertiary/aromatic N) is 1. The van der Waals surface area contributed by atoms with Gasteiger partial charge in [0.25, 0.3) is 0 Å². The minimum atomic E-state index is -0.408. The Morgan fingerprint density at radius 2 is 2.20 bits per heavy atom. The van der Waals surface area contributed by atoms with Gasteiger partial charge < -0.3 is 4.74 Å². The van der Waals surface area contributed by atoms with Crippen molar-refractivity contribution in [2.24, 2.45) is 4.99 Å². The lowest BCUT2D eigenvalue weighted by molar-refractivity contribution is -0.132. The van der Waals surface area contributed by atoms with E-state index in [4.69, 9.17) is 0 Å². The largest absolute Gasteiger partial charge is 0.464 e. The number of aliphatic imine (C=N–C) groups is 1. The van der Waals surface area contributed by atoms with E-state index in [9.17, 15) is 4.79 Å². The Morgan fingerprint density at radius 1 is 1.40 bits per heavy atom. The first kappa shape index (κ1) is 9.98. The predicted molar refractivity (Wildman–Crippen MR) is 60.0 cm³/mol. The van der Waals surface area contributed by atoms with E-state index in [-0.39, 0.29) is 0 Å². The molecule has 1 aromatic carbocycles. The van der Waals surface area contributed by atoms with Crippen LogP contribution in [0.2, 0.25) is 0 Å². The monoisotopic (exact) mass is 219 g/mol. The lowest BCUT2D eigenvalue weighted by Gasteiger charge is -2.05. The van der Waals surface area contributed by atoms with Crippen molar-refractivity contribution >= 4 is 23.4 Å². The van der Waals surface area contributed by atoms with Crippen molar-refractivity contribution < 1.29 is 9.53 Å². The van der Waals surface area contributed by atoms with Crippen molar-refractivity contribution in [1.29, 1.82) is 0 Å². The van der Waals surface area contributed by atoms with Crippen LogP contribution in [0.4, 0.5) is 0 Å². The number of benzene rings is 1. The molecule has 1 heterocycles. The maximum atomic E-state index is 11.5. The highest BCUT2D eigenvalue weighted by Crippen LogP contribution is 2.26. The average Bonchev–Trinajstić information content (AvgIpc) is 2.50. The summed E-state index contributed by atoms with van der Waals surface area (Å²) in [5, 5.41) is 1.84. The quantitative estimate of drug-likeness (QED) is 0.680. The fraction of sp³-hybridized carbons (Fsp3) is 0.0909. The third-order valence-electron chi connectivity index (χ3n) is 1.98. The van der Waals surface area contributed by atoms with Crippen molar-refractivity contribution in [1.82, 2.24) is 0 Å². The summed E-state index contributed by atoms with van der Waals surface area (Å²) in [5.74, 6) is -0.408. The van der Waals surface area contributed by atoms with Gasteiger partial charge in [0.1, 0.15) is 0 Å². The number of thioether (sulfide) groups is 1. The van der Waals surface area contributed by atoms with Crippen molar-refractivity contribution in [2.45, 2.75) is 4.90 Å². The predicted octanol–water partition coefficient (Wildman–Crippen LogP) is 2.23. The molecule has 0 aliphatic carbocycles. The molecule has 0 radical (unpaired) electrons. The van der Waals surface area contributed by atoms with Gasteiger partial charge in [0, 0.05) is 16.7 Å². The molecule has 0 saturated heterocycles. The van der Waals surface area contributed by atoms with Gasteiger partial charge in [-0.2, -0.15) is 0 Å². The Bertz CT molecular complexity index is 452. The Kier molecular flexibility index (Phi) is 2.87. The Labute approximate surface area is 91.9 Å². The molecule has 0 fully saturated rings. The van der Waals surface area contributed by atoms with E-state index in [2.05, 4.69) is 9.73 Å². The molecule has 1 aliphatic rings. The molecule has 0 amide bonds. The van der Waals surface area contributed by atoms with Crippen LogP contribution >= 0.6 is 11.8 Å². The zero-order chi connectivity index (χ0) is 10.7. The zero-order valence-corrected chi connectivity index (χ0v) is 8.95. The average molecular weight is 219 g/mol. The summed E-state index contributed by atoms with van der Waals surface area (Å²) in [4.78, 5) is 16.6. The lowest BCUT2D eigenvalue weighted by Crippen LogP contribution is -2.17. The van der Waals surface area contributed by atoms with E-state index < -0.39 is 5.97 Å². The fourth-order valence-electron chi connectivity index (χ4n) is 1.30. The summed E-state index contributed by atoms with van der Waals surface area (Å²) in [7, 11) is 1.36. The van der Waals surface area contributed by atoms with Crippen LogP contribution in [0.1, 0.15) is 5.56 Å². The number of fused-ring (bicyclic) bond motifs is 1. The summed E-state index contributed by atoms with van der Waals surface area (Å²) >= 11 is 1.54. The first-order valence-corrected chi connectivity index (χ1v) is 5.28. The van der Waals surface area contributed by atoms with Gasteiger partial charge in [-0.25, -0.2) is 9.79 Å². The SMILES string of the molecule is COC(=O)C1=NC=CSc2ccccc21. The van der Waals surface area contributed by atoms with Crippen LogP contribution in [0.3, 0.4) is 0 Å². The summed E-state index contributed by atoms with van der Waals surface area (Å²) in [6, 6.07) is 7.63. The molecule has 0 unspecified atom stereocenters. The van der Waals surface area contributed by atoms with Gasteiger partial charge in [-0.3, -0.25) is 0 Å². The van der Waals surface area contributed by atoms with Crippen LogP contribution in [-0.2, 0) is 9.53 Å². The van der Waals surface area contributed by atoms with E-state index >= 15 is 0 Å². The number of hydrogen-bond acceptors (Lipinski definition) is 4. The van der Waals surface area contributed by atoms with E-state index in [0.717, 1.165) is 10.5 Å². The third kappa shape index (κ3) is 1.94. The highest BCUT2D eigenvalue weighted by Gasteiger charge is 2.18. The molecule has 76 valence electrons. The highest BCUT2D eigenvalue weighted by atomic mass is 32.2. The third-order valence-corrected chi connectivity index (χ3v) is 2.85. The maximum absolute atomic E-state index is 11.5. The van der Waals surface area contributed by atoms with Gasteiger partial charge >= 0.3 is 5.97 Å². The molecule has 1 aromatic rings. The number of carbonyl (C=O) groups excluding carboxylic acids is 1. The fourth-order valence-corrected chi connectivity index (χ4v) is 2.02. The summed E-state index contributed by atoms with van der Waals surface area (Å²) in [6.45, 7) is 0. The van der Waals surface area contributed by atoms with Crippen molar-refractivity contribution in [3.05, 3.63) is 41.4 Å². The van der Waals surface area contributed by atoms with Gasteiger partial charge in [0.05, 0.1) is 7.11 Å². The van der Waals surface area contributed by atoms with Crippen molar-refractivity contribution in [2.75, 3.05) is 7.11 Å². The Morgan fingerprint density at radius 3 is 3.00 bits per heavy atom. The highest BCUT2D eigenvalue weighted by molar-refractivity contribution is 8.02. The molecule has 0 saturated carbocycles. The molecular weight excluding hydrogens is 210 g/mol. The van der Waals surface area contributed by atoms with Crippen LogP contribution in [0.15, 0.2) is 45.8 Å². The first-order chi connectivity index (χ1) is 7.33. The Hall–Kier alpha value is -1.55. The standard InChI is InChI=1S/C11H9NO2S/c1-14-11(13)10-8-4-2-3-5-9(8)15-7-6-12-10/h2-7H,1H3. The number of ether oxygens (including phenoxy) is 1. The van der Waals surface area contributed by atoms with E-state index in [1.54, 1.807) is 6.20 Å². The van der Waals surface area contributed by atoms with E-state index in [0.29, 0.717) is 5.71 Å². The molecule has 0 atom stereocenters. The molecule has 2 rings (SSSR count). The van der Waals surface area contributed by atoms with E-state index in [1.165, 1.54) is 18.9 Å². The van der Waals surface area contributed by atoms with Gasteiger partial charge in [-0.1, -0.05) is 30.0 Å². The van der Waals surface area contributed by atoms with Gasteiger partial charge in [0.15, 0.2) is 5.71 Å². The first-order valence-electron chi connectivity index (χ1n) is 4.40. The van der Waals surface area contributed by atoms with Crippen LogP contribution in [0, 0.1) is 0 Å². The van der Waals surface area contributed by atoms with Crippen molar-refractivity contribution in [3.63, 3.8) is 0 Å². The number of carbonyl (C=O) groups is 1. The Balaban J connectivity index is 2.52. The van der Waals surface area contributed by atoms with E-state index in [1.807, 2.05) is 29.7 Å². The van der Waals surface area contributed by atoms with Crippen molar-refractivity contribution in [3.8, 4) is 0 Å². The minimum Gasteiger partial charge on any atom is -0.464 e. The number of rotatable bonds is 1. The second-order valence-corrected chi connectivity index (χ2v) is 3.82. The van der Waals surface area contributed by atoms with Crippen LogP contribution in [0.25, 0.3) is 0 Å². The number of hydrogen-bond donors (Lipinski definition) is 0. The van der Waals surface area contributed by atoms with Crippen LogP contribution in [0.5, 0.6) is 0 Å². The summed E-state index contributed by atoms with van der Waals surface area (Å²) < 4.78 is 4.69. The molecular formula is C11H9NO2S. The molecule has 15 heavy (non-hydrogen) atoms. The molecule has 0 bridgehead atoms. The van der Waals surface area contributed by atoms with Gasteiger partial charge in [0.2, 0.25) is 0 Å². The molecule has 0 aromatic heterocycles. The molecule has 0 spiro atoms. The van der Waals surface area contributed by atoms with Crippen LogP contribution < -0.4 is 0 Å². The normalized spacial score (nSPS) is 13.8.